The summed E-state index contributed by atoms with van der Waals surface area (Å²) in [6.07, 6.45) is 2.06. The summed E-state index contributed by atoms with van der Waals surface area (Å²) < 4.78 is 13.6. The second-order valence-electron chi connectivity index (χ2n) is 8.32. The van der Waals surface area contributed by atoms with E-state index < -0.39 is 0 Å². The Labute approximate surface area is 205 Å². The Bertz CT molecular complexity index is 1310. The third-order valence-electron chi connectivity index (χ3n) is 6.16. The molecule has 0 saturated heterocycles. The van der Waals surface area contributed by atoms with Crippen LogP contribution in [0.1, 0.15) is 36.7 Å². The molecular formula is C29H29N3O3. The fourth-order valence-electron chi connectivity index (χ4n) is 4.64. The molecule has 0 spiro atoms. The molecule has 1 N–H and O–H groups in total. The molecule has 0 saturated carbocycles. The van der Waals surface area contributed by atoms with Gasteiger partial charge in [0.15, 0.2) is 0 Å². The Morgan fingerprint density at radius 1 is 0.886 bits per heavy atom. The van der Waals surface area contributed by atoms with Crippen LogP contribution >= 0.6 is 0 Å². The molecule has 6 heteroatoms. The van der Waals surface area contributed by atoms with E-state index in [4.69, 9.17) is 9.47 Å². The molecule has 6 nitrogen and oxygen atoms in total. The normalized spacial score (nSPS) is 14.5. The number of anilines is 1. The molecule has 1 atom stereocenters. The monoisotopic (exact) mass is 467 g/mol. The van der Waals surface area contributed by atoms with E-state index in [1.807, 2.05) is 85.5 Å². The molecule has 178 valence electrons. The first-order valence-electron chi connectivity index (χ1n) is 12.0. The van der Waals surface area contributed by atoms with Crippen LogP contribution in [-0.2, 0) is 6.54 Å². The molecule has 5 rings (SSSR count). The Morgan fingerprint density at radius 3 is 2.43 bits per heavy atom. The molecule has 0 fully saturated rings. The van der Waals surface area contributed by atoms with Crippen molar-refractivity contribution >= 4 is 11.7 Å². The van der Waals surface area contributed by atoms with Gasteiger partial charge in [0.05, 0.1) is 37.2 Å². The van der Waals surface area contributed by atoms with E-state index in [1.165, 1.54) is 0 Å². The number of amides is 2. The van der Waals surface area contributed by atoms with E-state index in [0.29, 0.717) is 31.2 Å². The van der Waals surface area contributed by atoms with Crippen LogP contribution in [0, 0.1) is 0 Å². The first-order valence-corrected chi connectivity index (χ1v) is 12.0. The lowest BCUT2D eigenvalue weighted by molar-refractivity contribution is 0.194. The first kappa shape index (κ1) is 22.6. The van der Waals surface area contributed by atoms with Crippen molar-refractivity contribution in [3.8, 4) is 17.2 Å². The van der Waals surface area contributed by atoms with Gasteiger partial charge in [0.25, 0.3) is 0 Å². The molecule has 1 aliphatic rings. The largest absolute Gasteiger partial charge is 0.494 e. The van der Waals surface area contributed by atoms with Gasteiger partial charge in [-0.05, 0) is 67.4 Å². The second kappa shape index (κ2) is 9.97. The van der Waals surface area contributed by atoms with Gasteiger partial charge in [0, 0.05) is 11.9 Å². The van der Waals surface area contributed by atoms with Crippen molar-refractivity contribution in [2.24, 2.45) is 0 Å². The van der Waals surface area contributed by atoms with Crippen LogP contribution in [0.2, 0.25) is 0 Å². The van der Waals surface area contributed by atoms with Crippen molar-refractivity contribution in [3.63, 3.8) is 0 Å². The number of para-hydroxylation sites is 3. The van der Waals surface area contributed by atoms with Crippen LogP contribution < -0.4 is 14.8 Å². The van der Waals surface area contributed by atoms with Crippen LogP contribution in [0.4, 0.5) is 10.5 Å². The lowest BCUT2D eigenvalue weighted by Crippen LogP contribution is -2.38. The number of carbonyl (C=O) groups is 1. The van der Waals surface area contributed by atoms with Crippen LogP contribution in [0.25, 0.3) is 5.69 Å². The minimum Gasteiger partial charge on any atom is -0.494 e. The maximum absolute atomic E-state index is 13.9. The van der Waals surface area contributed by atoms with E-state index >= 15 is 0 Å². The van der Waals surface area contributed by atoms with Gasteiger partial charge in [-0.25, -0.2) is 4.79 Å². The predicted molar refractivity (Wildman–Crippen MR) is 137 cm³/mol. The number of nitrogens with one attached hydrogen (secondary N) is 1. The fraction of sp³-hybridized carbons (Fsp3) is 0.207. The first-order chi connectivity index (χ1) is 17.2. The van der Waals surface area contributed by atoms with E-state index in [0.717, 1.165) is 28.3 Å². The molecule has 3 aromatic carbocycles. The lowest BCUT2D eigenvalue weighted by atomic mass is 10.0. The zero-order chi connectivity index (χ0) is 24.2. The van der Waals surface area contributed by atoms with Crippen LogP contribution in [-0.4, -0.2) is 28.7 Å². The third-order valence-corrected chi connectivity index (χ3v) is 6.16. The highest BCUT2D eigenvalue weighted by Gasteiger charge is 2.33. The van der Waals surface area contributed by atoms with Crippen LogP contribution in [0.3, 0.4) is 0 Å². The summed E-state index contributed by atoms with van der Waals surface area (Å²) in [7, 11) is 0. The number of fused-ring (bicyclic) bond motifs is 3. The fourth-order valence-corrected chi connectivity index (χ4v) is 4.64. The van der Waals surface area contributed by atoms with Gasteiger partial charge in [0.2, 0.25) is 0 Å². The maximum Gasteiger partial charge on any atom is 0.323 e. The molecule has 0 unspecified atom stereocenters. The highest BCUT2D eigenvalue weighted by Crippen LogP contribution is 2.38. The number of benzene rings is 3. The molecule has 35 heavy (non-hydrogen) atoms. The van der Waals surface area contributed by atoms with Gasteiger partial charge in [0.1, 0.15) is 11.5 Å². The average Bonchev–Trinajstić information content (AvgIpc) is 3.30. The van der Waals surface area contributed by atoms with Crippen molar-refractivity contribution < 1.29 is 14.3 Å². The summed E-state index contributed by atoms with van der Waals surface area (Å²) >= 11 is 0. The Balaban J connectivity index is 1.59. The number of ether oxygens (including phenoxy) is 2. The standard InChI is InChI=1S/C29H29N3O3/c1-3-34-23-17-15-21(16-18-23)28-26-13-9-19-31(26)25-12-7-5-10-22(25)20-32(28)29(33)30-24-11-6-8-14-27(24)35-4-2/h5-19,28H,3-4,20H2,1-2H3,(H,30,33)/t28-/m0/s1. The van der Waals surface area contributed by atoms with Gasteiger partial charge < -0.3 is 24.3 Å². The van der Waals surface area contributed by atoms with Crippen LogP contribution in [0.5, 0.6) is 11.5 Å². The second-order valence-corrected chi connectivity index (χ2v) is 8.32. The number of nitrogens with zero attached hydrogens (tertiary/aromatic N) is 2. The van der Waals surface area contributed by atoms with Crippen molar-refractivity contribution in [3.05, 3.63) is 108 Å². The zero-order valence-corrected chi connectivity index (χ0v) is 20.0. The number of carbonyl (C=O) groups excluding carboxylic acids is 1. The van der Waals surface area contributed by atoms with Crippen molar-refractivity contribution in [1.82, 2.24) is 9.47 Å². The summed E-state index contributed by atoms with van der Waals surface area (Å²) in [6.45, 7) is 5.48. The van der Waals surface area contributed by atoms with E-state index in [9.17, 15) is 4.79 Å². The lowest BCUT2D eigenvalue weighted by Gasteiger charge is -2.31. The highest BCUT2D eigenvalue weighted by atomic mass is 16.5. The van der Waals surface area contributed by atoms with Gasteiger partial charge >= 0.3 is 6.03 Å². The van der Waals surface area contributed by atoms with E-state index in [-0.39, 0.29) is 12.1 Å². The number of hydrogen-bond donors (Lipinski definition) is 1. The Hall–Kier alpha value is -4.19. The molecule has 2 heterocycles. The van der Waals surface area contributed by atoms with Gasteiger partial charge in [-0.3, -0.25) is 0 Å². The number of aromatic nitrogens is 1. The molecule has 1 aromatic heterocycles. The van der Waals surface area contributed by atoms with Crippen LogP contribution in [0.15, 0.2) is 91.1 Å². The summed E-state index contributed by atoms with van der Waals surface area (Å²) in [5.74, 6) is 1.46. The maximum atomic E-state index is 13.9. The zero-order valence-electron chi connectivity index (χ0n) is 20.0. The molecule has 1 aliphatic heterocycles. The van der Waals surface area contributed by atoms with Gasteiger partial charge in [-0.15, -0.1) is 0 Å². The number of urea groups is 1. The summed E-state index contributed by atoms with van der Waals surface area (Å²) in [5.41, 5.74) is 4.83. The third kappa shape index (κ3) is 4.47. The molecule has 0 radical (unpaired) electrons. The summed E-state index contributed by atoms with van der Waals surface area (Å²) in [6, 6.07) is 27.4. The smallest absolute Gasteiger partial charge is 0.323 e. The van der Waals surface area contributed by atoms with E-state index in [2.05, 4.69) is 34.3 Å². The number of rotatable bonds is 6. The minimum atomic E-state index is -0.299. The average molecular weight is 468 g/mol. The topological polar surface area (TPSA) is 55.7 Å². The number of hydrogen-bond acceptors (Lipinski definition) is 3. The molecule has 2 amide bonds. The summed E-state index contributed by atoms with van der Waals surface area (Å²) in [4.78, 5) is 15.8. The van der Waals surface area contributed by atoms with E-state index in [1.54, 1.807) is 0 Å². The quantitative estimate of drug-likeness (QED) is 0.356. The molecule has 0 aliphatic carbocycles. The van der Waals surface area contributed by atoms with Crippen molar-refractivity contribution in [2.75, 3.05) is 18.5 Å². The van der Waals surface area contributed by atoms with Crippen molar-refractivity contribution in [2.45, 2.75) is 26.4 Å². The highest BCUT2D eigenvalue weighted by molar-refractivity contribution is 5.91. The Morgan fingerprint density at radius 2 is 1.63 bits per heavy atom. The predicted octanol–water partition coefficient (Wildman–Crippen LogP) is 6.41. The Kier molecular flexibility index (Phi) is 6.44. The molecule has 0 bridgehead atoms. The molecule has 4 aromatic rings. The SMILES string of the molecule is CCOc1ccc([C@H]2c3cccn3-c3ccccc3CN2C(=O)Nc2ccccc2OCC)cc1. The van der Waals surface area contributed by atoms with Gasteiger partial charge in [-0.2, -0.15) is 0 Å². The van der Waals surface area contributed by atoms with Crippen molar-refractivity contribution in [1.29, 1.82) is 0 Å². The molecular weight excluding hydrogens is 438 g/mol. The summed E-state index contributed by atoms with van der Waals surface area (Å²) in [5, 5.41) is 3.11. The minimum absolute atomic E-state index is 0.194. The van der Waals surface area contributed by atoms with Gasteiger partial charge in [-0.1, -0.05) is 42.5 Å².